The average molecular weight is 391 g/mol. The van der Waals surface area contributed by atoms with Crippen molar-refractivity contribution in [3.8, 4) is 0 Å². The second-order valence-corrected chi connectivity index (χ2v) is 8.83. The molecule has 1 fully saturated rings. The zero-order valence-electron chi connectivity index (χ0n) is 17.6. The molecule has 28 heavy (non-hydrogen) atoms. The van der Waals surface area contributed by atoms with E-state index in [1.54, 1.807) is 19.1 Å². The van der Waals surface area contributed by atoms with E-state index in [-0.39, 0.29) is 5.92 Å². The molecule has 156 valence electrons. The molecule has 0 N–H and O–H groups in total. The van der Waals surface area contributed by atoms with E-state index in [1.165, 1.54) is 51.4 Å². The lowest BCUT2D eigenvalue weighted by molar-refractivity contribution is -0.0327. The van der Waals surface area contributed by atoms with Crippen molar-refractivity contribution in [3.63, 3.8) is 0 Å². The third-order valence-electron chi connectivity index (χ3n) is 6.75. The molecule has 0 bridgehead atoms. The van der Waals surface area contributed by atoms with Crippen LogP contribution in [-0.2, 0) is 4.74 Å². The van der Waals surface area contributed by atoms with Crippen molar-refractivity contribution in [1.82, 2.24) is 0 Å². The Morgan fingerprint density at radius 1 is 0.929 bits per heavy atom. The Labute approximate surface area is 169 Å². The number of benzene rings is 1. The Bertz CT molecular complexity index is 646. The molecule has 0 aromatic heterocycles. The zero-order chi connectivity index (χ0) is 19.9. The number of ether oxygens (including phenoxy) is 1. The molecule has 1 aliphatic heterocycles. The number of aryl methyl sites for hydroxylation is 1. The predicted molar refractivity (Wildman–Crippen MR) is 112 cm³/mol. The smallest absolute Gasteiger partial charge is 0.162 e. The van der Waals surface area contributed by atoms with Crippen LogP contribution in [-0.4, -0.2) is 12.7 Å². The molecular formula is C25H36F2O. The second-order valence-electron chi connectivity index (χ2n) is 8.83. The van der Waals surface area contributed by atoms with Gasteiger partial charge in [-0.1, -0.05) is 63.3 Å². The van der Waals surface area contributed by atoms with Crippen LogP contribution in [0.15, 0.2) is 24.3 Å². The molecule has 1 aromatic carbocycles. The van der Waals surface area contributed by atoms with Crippen LogP contribution in [0.2, 0.25) is 0 Å². The summed E-state index contributed by atoms with van der Waals surface area (Å²) in [6.07, 6.45) is 16.9. The molecule has 2 aliphatic rings. The molecule has 1 heterocycles. The van der Waals surface area contributed by atoms with Crippen LogP contribution < -0.4 is 0 Å². The molecule has 0 saturated carbocycles. The minimum Gasteiger partial charge on any atom is -0.378 e. The van der Waals surface area contributed by atoms with E-state index in [9.17, 15) is 8.78 Å². The van der Waals surface area contributed by atoms with Crippen LogP contribution in [0.5, 0.6) is 0 Å². The fraction of sp³-hybridized carbons (Fsp3) is 0.680. The van der Waals surface area contributed by atoms with Crippen LogP contribution in [0.25, 0.3) is 0 Å². The van der Waals surface area contributed by atoms with E-state index in [1.807, 2.05) is 0 Å². The van der Waals surface area contributed by atoms with E-state index in [4.69, 9.17) is 4.74 Å². The Balaban J connectivity index is 1.45. The first-order chi connectivity index (χ1) is 13.6. The normalized spacial score (nSPS) is 27.9. The maximum absolute atomic E-state index is 14.3. The molecule has 0 radical (unpaired) electrons. The number of halogens is 2. The van der Waals surface area contributed by atoms with Gasteiger partial charge in [0.05, 0.1) is 12.7 Å². The summed E-state index contributed by atoms with van der Waals surface area (Å²) in [4.78, 5) is 0. The first kappa shape index (κ1) is 21.5. The van der Waals surface area contributed by atoms with Gasteiger partial charge in [0.15, 0.2) is 11.6 Å². The lowest BCUT2D eigenvalue weighted by atomic mass is 9.76. The molecule has 1 saturated heterocycles. The SMILES string of the molecule is CCCCCCCC1CCC(C2C=CC(c3ccc(C)c(F)c3F)CC2)CO1. The Morgan fingerprint density at radius 3 is 2.43 bits per heavy atom. The van der Waals surface area contributed by atoms with Crippen molar-refractivity contribution in [2.24, 2.45) is 11.8 Å². The Hall–Kier alpha value is -1.22. The highest BCUT2D eigenvalue weighted by Gasteiger charge is 2.30. The van der Waals surface area contributed by atoms with Crippen molar-refractivity contribution >= 4 is 0 Å². The topological polar surface area (TPSA) is 9.23 Å². The molecule has 3 heteroatoms. The summed E-state index contributed by atoms with van der Waals surface area (Å²) in [6.45, 7) is 4.71. The fourth-order valence-corrected chi connectivity index (χ4v) is 4.81. The summed E-state index contributed by atoms with van der Waals surface area (Å²) < 4.78 is 34.3. The molecular weight excluding hydrogens is 354 g/mol. The molecule has 0 amide bonds. The molecule has 1 aromatic rings. The first-order valence-electron chi connectivity index (χ1n) is 11.3. The third-order valence-corrected chi connectivity index (χ3v) is 6.75. The molecule has 3 rings (SSSR count). The van der Waals surface area contributed by atoms with E-state index < -0.39 is 11.6 Å². The Morgan fingerprint density at radius 2 is 1.75 bits per heavy atom. The maximum Gasteiger partial charge on any atom is 0.162 e. The summed E-state index contributed by atoms with van der Waals surface area (Å²) in [6, 6.07) is 3.43. The molecule has 1 aliphatic carbocycles. The zero-order valence-corrected chi connectivity index (χ0v) is 17.6. The number of rotatable bonds is 8. The summed E-state index contributed by atoms with van der Waals surface area (Å²) in [5.74, 6) is -0.287. The van der Waals surface area contributed by atoms with Gasteiger partial charge in [0.25, 0.3) is 0 Å². The standard InChI is InChI=1S/C25H36F2O/c1-3-4-5-6-7-8-22-15-14-21(17-28-22)19-10-12-20(13-11-19)23-16-9-18(2)24(26)25(23)27/h9-10,12,16,19-22H,3-8,11,13-15,17H2,1-2H3. The van der Waals surface area contributed by atoms with Gasteiger partial charge in [0, 0.05) is 5.92 Å². The highest BCUT2D eigenvalue weighted by Crippen LogP contribution is 2.38. The van der Waals surface area contributed by atoms with E-state index in [2.05, 4.69) is 19.1 Å². The van der Waals surface area contributed by atoms with Gasteiger partial charge in [-0.05, 0) is 62.0 Å². The van der Waals surface area contributed by atoms with Crippen LogP contribution in [0.1, 0.15) is 88.2 Å². The van der Waals surface area contributed by atoms with Crippen LogP contribution in [0, 0.1) is 30.4 Å². The minimum atomic E-state index is -0.700. The largest absolute Gasteiger partial charge is 0.378 e. The van der Waals surface area contributed by atoms with Crippen molar-refractivity contribution in [1.29, 1.82) is 0 Å². The fourth-order valence-electron chi connectivity index (χ4n) is 4.81. The monoisotopic (exact) mass is 390 g/mol. The van der Waals surface area contributed by atoms with Gasteiger partial charge in [-0.2, -0.15) is 0 Å². The number of unbranched alkanes of at least 4 members (excludes halogenated alkanes) is 4. The van der Waals surface area contributed by atoms with Gasteiger partial charge in [-0.15, -0.1) is 0 Å². The van der Waals surface area contributed by atoms with Gasteiger partial charge < -0.3 is 4.74 Å². The van der Waals surface area contributed by atoms with E-state index in [0.717, 1.165) is 19.4 Å². The molecule has 1 nitrogen and oxygen atoms in total. The molecule has 4 unspecified atom stereocenters. The molecule has 0 spiro atoms. The van der Waals surface area contributed by atoms with Gasteiger partial charge in [-0.3, -0.25) is 0 Å². The third kappa shape index (κ3) is 5.43. The quantitative estimate of drug-likeness (QED) is 0.330. The summed E-state index contributed by atoms with van der Waals surface area (Å²) in [5.41, 5.74) is 0.874. The first-order valence-corrected chi connectivity index (χ1v) is 11.3. The second kappa shape index (κ2) is 10.5. The van der Waals surface area contributed by atoms with Crippen molar-refractivity contribution < 1.29 is 13.5 Å². The van der Waals surface area contributed by atoms with Crippen molar-refractivity contribution in [2.75, 3.05) is 6.61 Å². The van der Waals surface area contributed by atoms with Gasteiger partial charge in [-0.25, -0.2) is 8.78 Å². The van der Waals surface area contributed by atoms with Gasteiger partial charge in [0.1, 0.15) is 0 Å². The van der Waals surface area contributed by atoms with Gasteiger partial charge in [0.2, 0.25) is 0 Å². The highest BCUT2D eigenvalue weighted by atomic mass is 19.2. The van der Waals surface area contributed by atoms with Crippen molar-refractivity contribution in [2.45, 2.75) is 90.1 Å². The van der Waals surface area contributed by atoms with Gasteiger partial charge >= 0.3 is 0 Å². The van der Waals surface area contributed by atoms with Crippen LogP contribution in [0.3, 0.4) is 0 Å². The van der Waals surface area contributed by atoms with Crippen LogP contribution >= 0.6 is 0 Å². The summed E-state index contributed by atoms with van der Waals surface area (Å²) in [5, 5.41) is 0. The maximum atomic E-state index is 14.3. The number of hydrogen-bond donors (Lipinski definition) is 0. The number of allylic oxidation sites excluding steroid dienone is 2. The van der Waals surface area contributed by atoms with Crippen LogP contribution in [0.4, 0.5) is 8.78 Å². The number of hydrogen-bond acceptors (Lipinski definition) is 1. The lowest BCUT2D eigenvalue weighted by Crippen LogP contribution is -2.31. The highest BCUT2D eigenvalue weighted by molar-refractivity contribution is 5.31. The van der Waals surface area contributed by atoms with E-state index in [0.29, 0.717) is 29.1 Å². The lowest BCUT2D eigenvalue weighted by Gasteiger charge is -2.35. The van der Waals surface area contributed by atoms with E-state index >= 15 is 0 Å². The predicted octanol–water partition coefficient (Wildman–Crippen LogP) is 7.48. The molecule has 4 atom stereocenters. The Kier molecular flexibility index (Phi) is 8.08. The average Bonchev–Trinajstić information content (AvgIpc) is 2.73. The summed E-state index contributed by atoms with van der Waals surface area (Å²) in [7, 11) is 0. The van der Waals surface area contributed by atoms with Crippen molar-refractivity contribution in [3.05, 3.63) is 47.0 Å². The minimum absolute atomic E-state index is 0.00766. The summed E-state index contributed by atoms with van der Waals surface area (Å²) >= 11 is 0.